The third-order valence-electron chi connectivity index (χ3n) is 8.92. The van der Waals surface area contributed by atoms with Crippen LogP contribution in [0, 0.1) is 5.41 Å². The van der Waals surface area contributed by atoms with E-state index in [0.29, 0.717) is 5.69 Å². The summed E-state index contributed by atoms with van der Waals surface area (Å²) in [5.41, 5.74) is 2.61. The molecule has 0 spiro atoms. The number of carbonyl (C=O) groups excluding carboxylic acids is 2. The first-order valence-corrected chi connectivity index (χ1v) is 12.7. The number of benzene rings is 2. The Bertz CT molecular complexity index is 1280. The first-order chi connectivity index (χ1) is 16.9. The van der Waals surface area contributed by atoms with Crippen molar-refractivity contribution >= 4 is 22.7 Å². The number of carbonyl (C=O) groups is 2. The Kier molecular flexibility index (Phi) is 5.17. The van der Waals surface area contributed by atoms with E-state index in [9.17, 15) is 9.59 Å². The molecule has 2 saturated heterocycles. The molecule has 1 aliphatic carbocycles. The van der Waals surface area contributed by atoms with Crippen LogP contribution in [0.3, 0.4) is 0 Å². The predicted molar refractivity (Wildman–Crippen MR) is 135 cm³/mol. The third kappa shape index (κ3) is 3.29. The van der Waals surface area contributed by atoms with Crippen LogP contribution in [-0.4, -0.2) is 57.9 Å². The van der Waals surface area contributed by atoms with Gasteiger partial charge in [0.15, 0.2) is 0 Å². The fourth-order valence-electron chi connectivity index (χ4n) is 7.48. The molecule has 2 bridgehead atoms. The lowest BCUT2D eigenvalue weighted by Gasteiger charge is -2.52. The van der Waals surface area contributed by atoms with E-state index >= 15 is 0 Å². The molecule has 1 aromatic heterocycles. The Hall–Kier alpha value is -3.28. The van der Waals surface area contributed by atoms with E-state index in [-0.39, 0.29) is 41.4 Å². The van der Waals surface area contributed by atoms with Gasteiger partial charge in [0.05, 0.1) is 19.2 Å². The molecule has 6 nitrogen and oxygen atoms in total. The molecule has 1 N–H and O–H groups in total. The second-order valence-corrected chi connectivity index (χ2v) is 10.7. The number of methoxy groups -OCH3 is 1. The van der Waals surface area contributed by atoms with Gasteiger partial charge in [0, 0.05) is 35.3 Å². The van der Waals surface area contributed by atoms with Gasteiger partial charge in [-0.3, -0.25) is 9.59 Å². The maximum absolute atomic E-state index is 14.2. The summed E-state index contributed by atoms with van der Waals surface area (Å²) in [7, 11) is 1.65. The average Bonchev–Trinajstić information content (AvgIpc) is 3.42. The van der Waals surface area contributed by atoms with Crippen molar-refractivity contribution in [3.63, 3.8) is 0 Å². The third-order valence-corrected chi connectivity index (χ3v) is 8.92. The molecule has 3 aliphatic rings. The van der Waals surface area contributed by atoms with Crippen molar-refractivity contribution < 1.29 is 14.3 Å². The molecule has 0 unspecified atom stereocenters. The number of likely N-dealkylation sites (tertiary alicyclic amines) is 2. The molecule has 6 rings (SSSR count). The Balaban J connectivity index is 1.44. The minimum Gasteiger partial charge on any atom is -0.496 e. The van der Waals surface area contributed by atoms with Crippen LogP contribution in [-0.2, 0) is 11.2 Å². The number of aromatic amines is 1. The van der Waals surface area contributed by atoms with Gasteiger partial charge >= 0.3 is 0 Å². The summed E-state index contributed by atoms with van der Waals surface area (Å²) < 4.78 is 5.53. The molecule has 0 radical (unpaired) electrons. The van der Waals surface area contributed by atoms with E-state index in [4.69, 9.17) is 4.74 Å². The monoisotopic (exact) mass is 471 g/mol. The van der Waals surface area contributed by atoms with E-state index in [0.717, 1.165) is 48.8 Å². The van der Waals surface area contributed by atoms with Crippen molar-refractivity contribution in [3.05, 3.63) is 65.9 Å². The van der Waals surface area contributed by atoms with Gasteiger partial charge in [-0.2, -0.15) is 0 Å². The second-order valence-electron chi connectivity index (χ2n) is 10.7. The Morgan fingerprint density at radius 3 is 2.51 bits per heavy atom. The summed E-state index contributed by atoms with van der Waals surface area (Å²) in [5.74, 6) is 0.913. The van der Waals surface area contributed by atoms with Crippen molar-refractivity contribution in [3.8, 4) is 5.75 Å². The van der Waals surface area contributed by atoms with Gasteiger partial charge < -0.3 is 19.5 Å². The molecular formula is C29H33N3O3. The standard InChI is InChI=1S/C29H33N3O3/c1-18(33)31-23(15-19-9-5-4-6-10-19)24-17-29(2)26(31)13-8-14-27(29)32(24)28(34)22-16-20-21(30-22)11-7-12-25(20)35-3/h4-7,9-12,16,23-24,26-27,30H,8,13-15,17H2,1-3H3/t23-,24-,26+,27-,29+/m0/s1. The number of nitrogens with one attached hydrogen (secondary N) is 1. The van der Waals surface area contributed by atoms with Crippen LogP contribution in [0.4, 0.5) is 0 Å². The van der Waals surface area contributed by atoms with Crippen LogP contribution in [0.15, 0.2) is 54.6 Å². The van der Waals surface area contributed by atoms with E-state index in [1.54, 1.807) is 14.0 Å². The van der Waals surface area contributed by atoms with Gasteiger partial charge in [0.1, 0.15) is 11.4 Å². The van der Waals surface area contributed by atoms with Crippen LogP contribution < -0.4 is 4.74 Å². The van der Waals surface area contributed by atoms with Crippen LogP contribution >= 0.6 is 0 Å². The summed E-state index contributed by atoms with van der Waals surface area (Å²) in [4.78, 5) is 35.0. The highest BCUT2D eigenvalue weighted by atomic mass is 16.5. The lowest BCUT2D eigenvalue weighted by molar-refractivity contribution is -0.142. The molecule has 5 atom stereocenters. The van der Waals surface area contributed by atoms with E-state index in [1.165, 1.54) is 5.56 Å². The summed E-state index contributed by atoms with van der Waals surface area (Å²) in [5, 5.41) is 0.916. The number of ether oxygens (including phenoxy) is 1. The Morgan fingerprint density at radius 2 is 1.80 bits per heavy atom. The van der Waals surface area contributed by atoms with Crippen molar-refractivity contribution in [2.45, 2.75) is 70.1 Å². The number of H-pyrrole nitrogens is 1. The zero-order valence-electron chi connectivity index (χ0n) is 20.7. The molecule has 3 heterocycles. The van der Waals surface area contributed by atoms with E-state index < -0.39 is 0 Å². The average molecular weight is 472 g/mol. The number of fused-ring (bicyclic) bond motifs is 2. The van der Waals surface area contributed by atoms with Crippen LogP contribution in [0.25, 0.3) is 10.9 Å². The largest absolute Gasteiger partial charge is 0.496 e. The van der Waals surface area contributed by atoms with E-state index in [2.05, 4.69) is 33.8 Å². The molecule has 6 heteroatoms. The Labute approximate surface area is 206 Å². The topological polar surface area (TPSA) is 65.6 Å². The van der Waals surface area contributed by atoms with Crippen molar-refractivity contribution in [2.24, 2.45) is 5.41 Å². The number of amides is 2. The molecule has 2 amide bonds. The van der Waals surface area contributed by atoms with Gasteiger partial charge in [-0.15, -0.1) is 0 Å². The van der Waals surface area contributed by atoms with Crippen LogP contribution in [0.5, 0.6) is 5.75 Å². The zero-order valence-corrected chi connectivity index (χ0v) is 20.7. The fourth-order valence-corrected chi connectivity index (χ4v) is 7.48. The summed E-state index contributed by atoms with van der Waals surface area (Å²) in [6, 6.07) is 18.4. The van der Waals surface area contributed by atoms with Crippen molar-refractivity contribution in [1.82, 2.24) is 14.8 Å². The molecule has 182 valence electrons. The summed E-state index contributed by atoms with van der Waals surface area (Å²) in [6.07, 6.45) is 4.73. The number of hydrogen-bond donors (Lipinski definition) is 1. The molecular weight excluding hydrogens is 438 g/mol. The van der Waals surface area contributed by atoms with Crippen molar-refractivity contribution in [1.29, 1.82) is 0 Å². The highest BCUT2D eigenvalue weighted by Gasteiger charge is 2.64. The first kappa shape index (κ1) is 22.2. The molecule has 2 aromatic carbocycles. The number of piperidine rings is 1. The number of nitrogens with zero attached hydrogens (tertiary/aromatic N) is 2. The summed E-state index contributed by atoms with van der Waals surface area (Å²) >= 11 is 0. The minimum absolute atomic E-state index is 0.00994. The Morgan fingerprint density at radius 1 is 1.06 bits per heavy atom. The molecule has 1 saturated carbocycles. The predicted octanol–water partition coefficient (Wildman–Crippen LogP) is 4.79. The number of aromatic nitrogens is 1. The molecule has 2 aliphatic heterocycles. The quantitative estimate of drug-likeness (QED) is 0.595. The van der Waals surface area contributed by atoms with Crippen molar-refractivity contribution in [2.75, 3.05) is 7.11 Å². The first-order valence-electron chi connectivity index (χ1n) is 12.7. The van der Waals surface area contributed by atoms with Crippen LogP contribution in [0.1, 0.15) is 55.6 Å². The molecule has 35 heavy (non-hydrogen) atoms. The minimum atomic E-state index is -0.0822. The van der Waals surface area contributed by atoms with Gasteiger partial charge in [-0.05, 0) is 55.9 Å². The molecule has 3 fully saturated rings. The highest BCUT2D eigenvalue weighted by Crippen LogP contribution is 2.56. The lowest BCUT2D eigenvalue weighted by atomic mass is 9.64. The number of rotatable bonds is 4. The maximum atomic E-state index is 14.2. The van der Waals surface area contributed by atoms with Gasteiger partial charge in [0.25, 0.3) is 5.91 Å². The fraction of sp³-hybridized carbons (Fsp3) is 0.448. The lowest BCUT2D eigenvalue weighted by Crippen LogP contribution is -2.62. The normalized spacial score (nSPS) is 29.5. The molecule has 3 aromatic rings. The number of hydrogen-bond acceptors (Lipinski definition) is 3. The second kappa shape index (κ2) is 8.14. The van der Waals surface area contributed by atoms with E-state index in [1.807, 2.05) is 42.5 Å². The zero-order chi connectivity index (χ0) is 24.3. The van der Waals surface area contributed by atoms with Gasteiger partial charge in [0.2, 0.25) is 5.91 Å². The summed E-state index contributed by atoms with van der Waals surface area (Å²) in [6.45, 7) is 4.01. The maximum Gasteiger partial charge on any atom is 0.270 e. The van der Waals surface area contributed by atoms with Crippen LogP contribution in [0.2, 0.25) is 0 Å². The SMILES string of the molecule is COc1cccc2[nH]c(C(=O)N3[C@H]4CCC[C@H]5N(C(C)=O)[C@@H](Cc6ccccc6)[C@@H]3C[C@@]45C)cc12. The smallest absolute Gasteiger partial charge is 0.270 e. The van der Waals surface area contributed by atoms with Gasteiger partial charge in [-0.1, -0.05) is 43.3 Å². The highest BCUT2D eigenvalue weighted by molar-refractivity contribution is 6.00. The van der Waals surface area contributed by atoms with Gasteiger partial charge in [-0.25, -0.2) is 0 Å².